The minimum Gasteiger partial charge on any atom is -0.348 e. The van der Waals surface area contributed by atoms with Gasteiger partial charge in [-0.05, 0) is 42.7 Å². The molecular formula is C22H19ClFN3O2S2. The lowest BCUT2D eigenvalue weighted by Crippen LogP contribution is -2.39. The Bertz CT molecular complexity index is 1250. The highest BCUT2D eigenvalue weighted by Crippen LogP contribution is 2.30. The summed E-state index contributed by atoms with van der Waals surface area (Å²) in [5.74, 6) is -0.445. The Morgan fingerprint density at radius 1 is 1.23 bits per heavy atom. The van der Waals surface area contributed by atoms with Gasteiger partial charge in [0.15, 0.2) is 15.0 Å². The highest BCUT2D eigenvalue weighted by atomic mass is 35.5. The average molecular weight is 476 g/mol. The van der Waals surface area contributed by atoms with Crippen LogP contribution in [0.25, 0.3) is 0 Å². The number of nitriles is 1. The largest absolute Gasteiger partial charge is 0.348 e. The highest BCUT2D eigenvalue weighted by molar-refractivity contribution is 7.92. The van der Waals surface area contributed by atoms with E-state index in [4.69, 9.17) is 11.6 Å². The lowest BCUT2D eigenvalue weighted by atomic mass is 10.1. The molecule has 0 N–H and O–H groups in total. The number of sulfone groups is 1. The molecule has 0 spiro atoms. The van der Waals surface area contributed by atoms with Crippen molar-refractivity contribution in [2.24, 2.45) is 0 Å². The quantitative estimate of drug-likeness (QED) is 0.527. The van der Waals surface area contributed by atoms with E-state index in [0.29, 0.717) is 32.4 Å². The molecule has 1 aliphatic rings. The van der Waals surface area contributed by atoms with E-state index in [1.54, 1.807) is 24.3 Å². The first kappa shape index (κ1) is 21.8. The summed E-state index contributed by atoms with van der Waals surface area (Å²) in [6, 6.07) is 13.0. The van der Waals surface area contributed by atoms with Gasteiger partial charge in [0.1, 0.15) is 11.9 Å². The molecule has 1 fully saturated rings. The van der Waals surface area contributed by atoms with E-state index >= 15 is 0 Å². The first-order valence-corrected chi connectivity index (χ1v) is 12.5. The lowest BCUT2D eigenvalue weighted by molar-refractivity contribution is 0.529. The summed E-state index contributed by atoms with van der Waals surface area (Å²) in [7, 11) is -3.56. The minimum absolute atomic E-state index is 0.0919. The van der Waals surface area contributed by atoms with Crippen molar-refractivity contribution in [3.63, 3.8) is 0 Å². The van der Waals surface area contributed by atoms with Crippen molar-refractivity contribution >= 4 is 37.9 Å². The van der Waals surface area contributed by atoms with E-state index in [1.165, 1.54) is 29.5 Å². The zero-order valence-electron chi connectivity index (χ0n) is 16.5. The second-order valence-corrected chi connectivity index (χ2v) is 10.8. The van der Waals surface area contributed by atoms with Gasteiger partial charge in [-0.2, -0.15) is 5.26 Å². The number of nitrogens with zero attached hydrogens (tertiary/aromatic N) is 3. The third-order valence-corrected chi connectivity index (χ3v) is 8.93. The van der Waals surface area contributed by atoms with Crippen molar-refractivity contribution in [2.45, 2.75) is 29.4 Å². The summed E-state index contributed by atoms with van der Waals surface area (Å²) in [6.45, 7) is 1.15. The summed E-state index contributed by atoms with van der Waals surface area (Å²) in [6.07, 6.45) is 1.50. The second-order valence-electron chi connectivity index (χ2n) is 7.39. The molecule has 0 saturated carbocycles. The molecular weight excluding hydrogens is 457 g/mol. The van der Waals surface area contributed by atoms with Crippen LogP contribution in [0.5, 0.6) is 0 Å². The first-order valence-electron chi connectivity index (χ1n) is 9.75. The van der Waals surface area contributed by atoms with Gasteiger partial charge in [0, 0.05) is 24.9 Å². The molecule has 0 radical (unpaired) electrons. The molecule has 0 amide bonds. The molecule has 9 heteroatoms. The van der Waals surface area contributed by atoms with Crippen LogP contribution in [0.4, 0.5) is 9.52 Å². The number of rotatable bonds is 5. The number of thiazole rings is 1. The Kier molecular flexibility index (Phi) is 6.28. The lowest BCUT2D eigenvalue weighted by Gasteiger charge is -2.31. The molecule has 1 saturated heterocycles. The fourth-order valence-electron chi connectivity index (χ4n) is 3.73. The Balaban J connectivity index is 1.42. The van der Waals surface area contributed by atoms with Crippen LogP contribution in [0.15, 0.2) is 52.7 Å². The molecule has 0 aliphatic carbocycles. The Morgan fingerprint density at radius 2 is 1.97 bits per heavy atom. The number of anilines is 1. The molecule has 0 atom stereocenters. The molecule has 3 aromatic rings. The van der Waals surface area contributed by atoms with Crippen LogP contribution in [0.1, 0.15) is 29.7 Å². The van der Waals surface area contributed by atoms with Crippen molar-refractivity contribution in [2.75, 3.05) is 18.0 Å². The predicted molar refractivity (Wildman–Crippen MR) is 120 cm³/mol. The summed E-state index contributed by atoms with van der Waals surface area (Å²) < 4.78 is 39.4. The third kappa shape index (κ3) is 4.59. The van der Waals surface area contributed by atoms with E-state index in [1.807, 2.05) is 11.4 Å². The van der Waals surface area contributed by atoms with E-state index in [9.17, 15) is 18.1 Å². The maximum absolute atomic E-state index is 13.3. The summed E-state index contributed by atoms with van der Waals surface area (Å²) >= 11 is 7.36. The predicted octanol–water partition coefficient (Wildman–Crippen LogP) is 4.84. The second kappa shape index (κ2) is 8.95. The maximum atomic E-state index is 13.3. The van der Waals surface area contributed by atoms with E-state index < -0.39 is 20.9 Å². The summed E-state index contributed by atoms with van der Waals surface area (Å²) in [5, 5.41) is 11.6. The minimum atomic E-state index is -3.56. The van der Waals surface area contributed by atoms with Crippen LogP contribution in [0.3, 0.4) is 0 Å². The van der Waals surface area contributed by atoms with Crippen LogP contribution in [0.2, 0.25) is 5.02 Å². The molecule has 31 heavy (non-hydrogen) atoms. The Labute approximate surface area is 189 Å². The maximum Gasteiger partial charge on any atom is 0.185 e. The van der Waals surface area contributed by atoms with Crippen molar-refractivity contribution in [1.29, 1.82) is 5.26 Å². The molecule has 4 rings (SSSR count). The van der Waals surface area contributed by atoms with Crippen molar-refractivity contribution in [3.05, 3.63) is 75.5 Å². The fourth-order valence-corrected chi connectivity index (χ4v) is 6.69. The zero-order chi connectivity index (χ0) is 22.0. The van der Waals surface area contributed by atoms with Gasteiger partial charge in [0.05, 0.1) is 26.4 Å². The van der Waals surface area contributed by atoms with Crippen molar-refractivity contribution in [3.8, 4) is 6.07 Å². The summed E-state index contributed by atoms with van der Waals surface area (Å²) in [5.41, 5.74) is 1.93. The van der Waals surface area contributed by atoms with Gasteiger partial charge < -0.3 is 4.90 Å². The van der Waals surface area contributed by atoms with Crippen LogP contribution >= 0.6 is 22.9 Å². The van der Waals surface area contributed by atoms with Gasteiger partial charge in [-0.3, -0.25) is 0 Å². The zero-order valence-corrected chi connectivity index (χ0v) is 18.9. The Morgan fingerprint density at radius 3 is 2.68 bits per heavy atom. The van der Waals surface area contributed by atoms with Gasteiger partial charge >= 0.3 is 0 Å². The van der Waals surface area contributed by atoms with Crippen molar-refractivity contribution in [1.82, 2.24) is 4.98 Å². The van der Waals surface area contributed by atoms with Crippen LogP contribution < -0.4 is 4.90 Å². The standard InChI is InChI=1S/C22H19ClFN3O2S2/c23-19-12-15(5-6-20(19)24)11-17-14-30-22(26-17)27-9-7-18(8-10-27)31(28,29)21-4-2-1-3-16(21)13-25/h1-6,12,14,18H,7-11H2. The highest BCUT2D eigenvalue weighted by Gasteiger charge is 2.33. The third-order valence-electron chi connectivity index (χ3n) is 5.37. The molecule has 0 unspecified atom stereocenters. The number of hydrogen-bond acceptors (Lipinski definition) is 6. The van der Waals surface area contributed by atoms with Gasteiger partial charge in [-0.15, -0.1) is 11.3 Å². The molecule has 1 aromatic heterocycles. The first-order chi connectivity index (χ1) is 14.9. The molecule has 2 aromatic carbocycles. The van der Waals surface area contributed by atoms with E-state index in [0.717, 1.165) is 16.4 Å². The molecule has 0 bridgehead atoms. The van der Waals surface area contributed by atoms with Gasteiger partial charge in [-0.25, -0.2) is 17.8 Å². The molecule has 5 nitrogen and oxygen atoms in total. The average Bonchev–Trinajstić information content (AvgIpc) is 3.25. The topological polar surface area (TPSA) is 74.1 Å². The Hall–Kier alpha value is -2.47. The van der Waals surface area contributed by atoms with Gasteiger partial charge in [0.2, 0.25) is 0 Å². The van der Waals surface area contributed by atoms with Crippen LogP contribution in [0, 0.1) is 17.1 Å². The van der Waals surface area contributed by atoms with E-state index in [-0.39, 0.29) is 15.5 Å². The van der Waals surface area contributed by atoms with E-state index in [2.05, 4.69) is 9.88 Å². The van der Waals surface area contributed by atoms with Crippen LogP contribution in [-0.2, 0) is 16.3 Å². The fraction of sp³-hybridized carbons (Fsp3) is 0.273. The number of benzene rings is 2. The number of aromatic nitrogens is 1. The number of halogens is 2. The van der Waals surface area contributed by atoms with Gasteiger partial charge in [0.25, 0.3) is 0 Å². The smallest absolute Gasteiger partial charge is 0.185 e. The molecule has 1 aliphatic heterocycles. The van der Waals surface area contributed by atoms with Crippen LogP contribution in [-0.4, -0.2) is 31.7 Å². The number of hydrogen-bond donors (Lipinski definition) is 0. The number of piperidine rings is 1. The molecule has 2 heterocycles. The summed E-state index contributed by atoms with van der Waals surface area (Å²) in [4.78, 5) is 6.88. The molecule has 160 valence electrons. The van der Waals surface area contributed by atoms with Gasteiger partial charge in [-0.1, -0.05) is 29.8 Å². The van der Waals surface area contributed by atoms with Crippen molar-refractivity contribution < 1.29 is 12.8 Å². The normalized spacial score (nSPS) is 15.1. The SMILES string of the molecule is N#Cc1ccccc1S(=O)(=O)C1CCN(c2nc(Cc3ccc(F)c(Cl)c3)cs2)CC1. The monoisotopic (exact) mass is 475 g/mol.